The smallest absolute Gasteiger partial charge is 0.0424 e. The Kier molecular flexibility index (Phi) is 6.03. The monoisotopic (exact) mass is 311 g/mol. The van der Waals surface area contributed by atoms with E-state index in [0.29, 0.717) is 12.1 Å². The minimum absolute atomic E-state index is 0.416. The Morgan fingerprint density at radius 2 is 1.61 bits per heavy atom. The first kappa shape index (κ1) is 17.3. The van der Waals surface area contributed by atoms with Crippen molar-refractivity contribution in [3.05, 3.63) is 53.3 Å². The summed E-state index contributed by atoms with van der Waals surface area (Å²) in [6.45, 7) is 10.8. The third-order valence-electron chi connectivity index (χ3n) is 3.74. The highest BCUT2D eigenvalue weighted by Gasteiger charge is 2.05. The molecule has 0 saturated carbocycles. The molecule has 1 heterocycles. The van der Waals surface area contributed by atoms with E-state index >= 15 is 0 Å². The standard InChI is InChI=1S/C20H29N3/c1-14(2)22-19-8-9-21-18(13-19)7-6-17(5)23-20-11-15(3)10-16(4)12-20/h8-14,17,23H,6-7H2,1-5H3,(H,21,22). The van der Waals surface area contributed by atoms with Crippen LogP contribution in [-0.2, 0) is 6.42 Å². The first-order valence-corrected chi connectivity index (χ1v) is 8.48. The van der Waals surface area contributed by atoms with Crippen LogP contribution in [-0.4, -0.2) is 17.1 Å². The summed E-state index contributed by atoms with van der Waals surface area (Å²) in [5, 5.41) is 7.03. The van der Waals surface area contributed by atoms with Crippen molar-refractivity contribution >= 4 is 11.4 Å². The molecule has 0 spiro atoms. The van der Waals surface area contributed by atoms with E-state index in [0.717, 1.165) is 24.2 Å². The Balaban J connectivity index is 1.90. The fourth-order valence-corrected chi connectivity index (χ4v) is 2.82. The molecule has 1 aromatic heterocycles. The van der Waals surface area contributed by atoms with Gasteiger partial charge in [0.15, 0.2) is 0 Å². The molecule has 124 valence electrons. The van der Waals surface area contributed by atoms with E-state index in [4.69, 9.17) is 0 Å². The summed E-state index contributed by atoms with van der Waals surface area (Å²) in [6, 6.07) is 11.6. The second kappa shape index (κ2) is 8.00. The number of hydrogen-bond acceptors (Lipinski definition) is 3. The zero-order chi connectivity index (χ0) is 16.8. The molecule has 3 nitrogen and oxygen atoms in total. The largest absolute Gasteiger partial charge is 0.383 e. The van der Waals surface area contributed by atoms with Crippen molar-refractivity contribution in [3.8, 4) is 0 Å². The van der Waals surface area contributed by atoms with Gasteiger partial charge in [0.05, 0.1) is 0 Å². The fourth-order valence-electron chi connectivity index (χ4n) is 2.82. The maximum atomic E-state index is 4.49. The number of hydrogen-bond donors (Lipinski definition) is 2. The van der Waals surface area contributed by atoms with Gasteiger partial charge in [-0.2, -0.15) is 0 Å². The summed E-state index contributed by atoms with van der Waals surface area (Å²) < 4.78 is 0. The van der Waals surface area contributed by atoms with Gasteiger partial charge in [-0.05, 0) is 82.9 Å². The molecule has 0 fully saturated rings. The van der Waals surface area contributed by atoms with Crippen LogP contribution < -0.4 is 10.6 Å². The molecule has 0 radical (unpaired) electrons. The van der Waals surface area contributed by atoms with Crippen molar-refractivity contribution in [2.75, 3.05) is 10.6 Å². The van der Waals surface area contributed by atoms with Gasteiger partial charge in [-0.25, -0.2) is 0 Å². The Hall–Kier alpha value is -2.03. The molecule has 0 saturated heterocycles. The summed E-state index contributed by atoms with van der Waals surface area (Å²) in [4.78, 5) is 4.49. The SMILES string of the molecule is Cc1cc(C)cc(NC(C)CCc2cc(NC(C)C)ccn2)c1. The quantitative estimate of drug-likeness (QED) is 0.759. The molecule has 0 aliphatic heterocycles. The van der Waals surface area contributed by atoms with Crippen LogP contribution in [0.4, 0.5) is 11.4 Å². The highest BCUT2D eigenvalue weighted by atomic mass is 14.9. The molecule has 2 aromatic rings. The van der Waals surface area contributed by atoms with Gasteiger partial charge < -0.3 is 10.6 Å². The third kappa shape index (κ3) is 5.93. The van der Waals surface area contributed by atoms with Gasteiger partial charge >= 0.3 is 0 Å². The average molecular weight is 311 g/mol. The predicted molar refractivity (Wildman–Crippen MR) is 100 cm³/mol. The van der Waals surface area contributed by atoms with Crippen LogP contribution in [0.15, 0.2) is 36.5 Å². The molecule has 23 heavy (non-hydrogen) atoms. The average Bonchev–Trinajstić information content (AvgIpc) is 2.43. The van der Waals surface area contributed by atoms with Crippen molar-refractivity contribution in [1.29, 1.82) is 0 Å². The minimum Gasteiger partial charge on any atom is -0.383 e. The Bertz CT molecular complexity index is 614. The molecule has 1 aromatic carbocycles. The molecule has 2 rings (SSSR count). The van der Waals surface area contributed by atoms with Crippen molar-refractivity contribution in [2.45, 2.75) is 59.5 Å². The number of rotatable bonds is 7. The zero-order valence-corrected chi connectivity index (χ0v) is 15.0. The summed E-state index contributed by atoms with van der Waals surface area (Å²) in [7, 11) is 0. The molecule has 1 atom stereocenters. The number of benzene rings is 1. The Morgan fingerprint density at radius 1 is 0.913 bits per heavy atom. The van der Waals surface area contributed by atoms with E-state index in [1.54, 1.807) is 0 Å². The third-order valence-corrected chi connectivity index (χ3v) is 3.74. The molecular formula is C20H29N3. The van der Waals surface area contributed by atoms with E-state index in [1.807, 2.05) is 12.3 Å². The minimum atomic E-state index is 0.416. The van der Waals surface area contributed by atoms with E-state index in [2.05, 4.69) is 74.5 Å². The lowest BCUT2D eigenvalue weighted by Gasteiger charge is -2.16. The van der Waals surface area contributed by atoms with Gasteiger partial charge in [0.25, 0.3) is 0 Å². The van der Waals surface area contributed by atoms with Crippen LogP contribution in [0, 0.1) is 13.8 Å². The lowest BCUT2D eigenvalue weighted by Crippen LogP contribution is -2.16. The number of anilines is 2. The van der Waals surface area contributed by atoms with Gasteiger partial charge in [-0.15, -0.1) is 0 Å². The maximum absolute atomic E-state index is 4.49. The van der Waals surface area contributed by atoms with Crippen molar-refractivity contribution in [2.24, 2.45) is 0 Å². The van der Waals surface area contributed by atoms with Crippen LogP contribution >= 0.6 is 0 Å². The maximum Gasteiger partial charge on any atom is 0.0424 e. The van der Waals surface area contributed by atoms with Crippen LogP contribution in [0.1, 0.15) is 44.0 Å². The molecule has 0 aliphatic carbocycles. The van der Waals surface area contributed by atoms with Crippen molar-refractivity contribution in [1.82, 2.24) is 4.98 Å². The lowest BCUT2D eigenvalue weighted by molar-refractivity contribution is 0.696. The number of aryl methyl sites for hydroxylation is 3. The molecular weight excluding hydrogens is 282 g/mol. The zero-order valence-electron chi connectivity index (χ0n) is 15.0. The molecule has 0 bridgehead atoms. The van der Waals surface area contributed by atoms with Gasteiger partial charge in [-0.3, -0.25) is 4.98 Å². The summed E-state index contributed by atoms with van der Waals surface area (Å²) in [5.74, 6) is 0. The van der Waals surface area contributed by atoms with Gasteiger partial charge in [-0.1, -0.05) is 6.07 Å². The van der Waals surface area contributed by atoms with Crippen LogP contribution in [0.5, 0.6) is 0 Å². The van der Waals surface area contributed by atoms with Gasteiger partial charge in [0.1, 0.15) is 0 Å². The second-order valence-electron chi connectivity index (χ2n) is 6.80. The number of nitrogens with zero attached hydrogens (tertiary/aromatic N) is 1. The van der Waals surface area contributed by atoms with Crippen molar-refractivity contribution < 1.29 is 0 Å². The van der Waals surface area contributed by atoms with Crippen LogP contribution in [0.25, 0.3) is 0 Å². The second-order valence-corrected chi connectivity index (χ2v) is 6.80. The Morgan fingerprint density at radius 3 is 2.26 bits per heavy atom. The highest BCUT2D eigenvalue weighted by Crippen LogP contribution is 2.17. The fraction of sp³-hybridized carbons (Fsp3) is 0.450. The summed E-state index contributed by atoms with van der Waals surface area (Å²) in [6.07, 6.45) is 3.93. The number of pyridine rings is 1. The molecule has 0 amide bonds. The topological polar surface area (TPSA) is 37.0 Å². The Labute approximate surface area is 140 Å². The molecule has 1 unspecified atom stereocenters. The van der Waals surface area contributed by atoms with E-state index < -0.39 is 0 Å². The molecule has 0 aliphatic rings. The first-order chi connectivity index (χ1) is 10.9. The number of nitrogens with one attached hydrogen (secondary N) is 2. The summed E-state index contributed by atoms with van der Waals surface area (Å²) >= 11 is 0. The first-order valence-electron chi connectivity index (χ1n) is 8.48. The number of aromatic nitrogens is 1. The van der Waals surface area contributed by atoms with Crippen LogP contribution in [0.2, 0.25) is 0 Å². The summed E-state index contributed by atoms with van der Waals surface area (Å²) in [5.41, 5.74) is 6.10. The lowest BCUT2D eigenvalue weighted by atomic mass is 10.1. The van der Waals surface area contributed by atoms with Gasteiger partial charge in [0, 0.05) is 35.3 Å². The van der Waals surface area contributed by atoms with Crippen LogP contribution in [0.3, 0.4) is 0 Å². The van der Waals surface area contributed by atoms with E-state index in [1.165, 1.54) is 16.8 Å². The van der Waals surface area contributed by atoms with Crippen molar-refractivity contribution in [3.63, 3.8) is 0 Å². The predicted octanol–water partition coefficient (Wildman–Crippen LogP) is 4.95. The highest BCUT2D eigenvalue weighted by molar-refractivity contribution is 5.49. The van der Waals surface area contributed by atoms with Gasteiger partial charge in [0.2, 0.25) is 0 Å². The van der Waals surface area contributed by atoms with E-state index in [-0.39, 0.29) is 0 Å². The molecule has 3 heteroatoms. The molecule has 2 N–H and O–H groups in total. The van der Waals surface area contributed by atoms with E-state index in [9.17, 15) is 0 Å². The normalized spacial score (nSPS) is 12.3.